The fourth-order valence-corrected chi connectivity index (χ4v) is 13.3. The molecule has 17 nitrogen and oxygen atoms in total. The highest BCUT2D eigenvalue weighted by molar-refractivity contribution is 7.47. The number of phosphoric acid groups is 2. The van der Waals surface area contributed by atoms with E-state index in [9.17, 15) is 43.2 Å². The lowest BCUT2D eigenvalue weighted by Crippen LogP contribution is -2.30. The van der Waals surface area contributed by atoms with Crippen LogP contribution in [0, 0.1) is 17.8 Å². The van der Waals surface area contributed by atoms with Gasteiger partial charge in [0.2, 0.25) is 0 Å². The lowest BCUT2D eigenvalue weighted by Gasteiger charge is -2.21. The van der Waals surface area contributed by atoms with Crippen molar-refractivity contribution in [2.75, 3.05) is 39.6 Å². The lowest BCUT2D eigenvalue weighted by atomic mass is 9.99. The van der Waals surface area contributed by atoms with Crippen LogP contribution in [0.4, 0.5) is 0 Å². The van der Waals surface area contributed by atoms with Crippen molar-refractivity contribution >= 4 is 39.5 Å². The fourth-order valence-electron chi connectivity index (χ4n) is 11.7. The summed E-state index contributed by atoms with van der Waals surface area (Å²) in [4.78, 5) is 72.5. The van der Waals surface area contributed by atoms with Crippen molar-refractivity contribution in [3.05, 3.63) is 0 Å². The second-order valence-corrected chi connectivity index (χ2v) is 31.8. The number of carbonyl (C=O) groups is 4. The zero-order valence-electron chi connectivity index (χ0n) is 62.8. The van der Waals surface area contributed by atoms with Crippen molar-refractivity contribution in [3.8, 4) is 0 Å². The minimum absolute atomic E-state index is 0.104. The Morgan fingerprint density at radius 3 is 0.792 bits per heavy atom. The molecular weight excluding hydrogens is 1260 g/mol. The molecule has 19 heteroatoms. The molecule has 3 N–H and O–H groups in total. The van der Waals surface area contributed by atoms with Gasteiger partial charge in [-0.25, -0.2) is 9.13 Å². The number of phosphoric ester groups is 2. The van der Waals surface area contributed by atoms with Gasteiger partial charge in [0.1, 0.15) is 19.3 Å². The average molecular weight is 1410 g/mol. The summed E-state index contributed by atoms with van der Waals surface area (Å²) in [5.74, 6) is 0.278. The van der Waals surface area contributed by atoms with Gasteiger partial charge in [-0.15, -0.1) is 0 Å². The normalized spacial score (nSPS) is 14.3. The topological polar surface area (TPSA) is 237 Å². The van der Waals surface area contributed by atoms with Crippen LogP contribution in [0.1, 0.15) is 395 Å². The van der Waals surface area contributed by atoms with Gasteiger partial charge in [0.05, 0.1) is 26.4 Å². The summed E-state index contributed by atoms with van der Waals surface area (Å²) in [6.45, 7) is 11.9. The van der Waals surface area contributed by atoms with Crippen molar-refractivity contribution < 1.29 is 80.2 Å². The van der Waals surface area contributed by atoms with Crippen LogP contribution < -0.4 is 0 Å². The molecule has 0 saturated heterocycles. The average Bonchev–Trinajstić information content (AvgIpc) is 1.67. The Kier molecular flexibility index (Phi) is 66.2. The van der Waals surface area contributed by atoms with Gasteiger partial charge in [0.15, 0.2) is 12.2 Å². The molecule has 0 amide bonds. The highest BCUT2D eigenvalue weighted by atomic mass is 31.2. The van der Waals surface area contributed by atoms with Gasteiger partial charge in [-0.3, -0.25) is 37.3 Å². The van der Waals surface area contributed by atoms with Crippen molar-refractivity contribution in [3.63, 3.8) is 0 Å². The predicted octanol–water partition coefficient (Wildman–Crippen LogP) is 22.6. The molecule has 6 atom stereocenters. The number of rotatable bonds is 75. The third-order valence-electron chi connectivity index (χ3n) is 18.2. The molecule has 3 unspecified atom stereocenters. The number of unbranched alkanes of at least 4 members (excludes halogenated alkanes) is 42. The molecule has 570 valence electrons. The summed E-state index contributed by atoms with van der Waals surface area (Å²) in [5, 5.41) is 10.6. The minimum atomic E-state index is -4.96. The quantitative estimate of drug-likeness (QED) is 0.0222. The van der Waals surface area contributed by atoms with Gasteiger partial charge >= 0.3 is 39.5 Å². The van der Waals surface area contributed by atoms with E-state index in [1.165, 1.54) is 199 Å². The first-order chi connectivity index (χ1) is 46.3. The van der Waals surface area contributed by atoms with E-state index < -0.39 is 97.5 Å². The SMILES string of the molecule is CCCCCCCC(=O)OC[C@H](COP(=O)(O)OC[C@H](O)COP(=O)(O)OC[C@@H](COC(=O)CCCCCCCCCCCCCCCCC(C)CC)OC(=O)CCCCCCCCCCCCCCCCCCCCC(C)C)OC(=O)CCCCCCCCCCCC(C)C. The zero-order valence-corrected chi connectivity index (χ0v) is 64.6. The number of aliphatic hydroxyl groups excluding tert-OH is 1. The molecule has 96 heavy (non-hydrogen) atoms. The summed E-state index contributed by atoms with van der Waals surface area (Å²) < 4.78 is 68.3. The van der Waals surface area contributed by atoms with Gasteiger partial charge in [-0.2, -0.15) is 0 Å². The van der Waals surface area contributed by atoms with Crippen LogP contribution in [-0.2, 0) is 65.4 Å². The van der Waals surface area contributed by atoms with E-state index >= 15 is 0 Å². The summed E-state index contributed by atoms with van der Waals surface area (Å²) in [7, 11) is -9.90. The number of hydrogen-bond donors (Lipinski definition) is 3. The van der Waals surface area contributed by atoms with E-state index in [1.54, 1.807) is 0 Å². The Morgan fingerprint density at radius 1 is 0.302 bits per heavy atom. The van der Waals surface area contributed by atoms with E-state index in [0.717, 1.165) is 114 Å². The highest BCUT2D eigenvalue weighted by Gasteiger charge is 2.30. The van der Waals surface area contributed by atoms with E-state index in [-0.39, 0.29) is 25.7 Å². The van der Waals surface area contributed by atoms with Crippen LogP contribution in [0.5, 0.6) is 0 Å². The van der Waals surface area contributed by atoms with Crippen LogP contribution >= 0.6 is 15.6 Å². The minimum Gasteiger partial charge on any atom is -0.462 e. The smallest absolute Gasteiger partial charge is 0.462 e. The second-order valence-electron chi connectivity index (χ2n) is 28.9. The van der Waals surface area contributed by atoms with Crippen LogP contribution in [-0.4, -0.2) is 96.7 Å². The van der Waals surface area contributed by atoms with Crippen LogP contribution in [0.2, 0.25) is 0 Å². The van der Waals surface area contributed by atoms with Crippen LogP contribution in [0.15, 0.2) is 0 Å². The fraction of sp³-hybridized carbons (Fsp3) is 0.948. The molecule has 0 saturated carbocycles. The van der Waals surface area contributed by atoms with Gasteiger partial charge in [0, 0.05) is 25.7 Å². The molecule has 0 aliphatic rings. The molecule has 0 aromatic carbocycles. The first-order valence-corrected chi connectivity index (χ1v) is 42.9. The Labute approximate surface area is 588 Å². The number of ether oxygens (including phenoxy) is 4. The first kappa shape index (κ1) is 94.1. The molecular formula is C77H150O17P2. The predicted molar refractivity (Wildman–Crippen MR) is 391 cm³/mol. The Morgan fingerprint density at radius 2 is 0.531 bits per heavy atom. The molecule has 0 bridgehead atoms. The molecule has 0 aliphatic heterocycles. The van der Waals surface area contributed by atoms with Crippen molar-refractivity contribution in [1.29, 1.82) is 0 Å². The molecule has 0 fully saturated rings. The second kappa shape index (κ2) is 67.5. The number of esters is 4. The third kappa shape index (κ3) is 69.2. The van der Waals surface area contributed by atoms with Crippen molar-refractivity contribution in [1.82, 2.24) is 0 Å². The summed E-state index contributed by atoms with van der Waals surface area (Å²) >= 11 is 0. The van der Waals surface area contributed by atoms with Gasteiger partial charge < -0.3 is 33.8 Å². The lowest BCUT2D eigenvalue weighted by molar-refractivity contribution is -0.161. The first-order valence-electron chi connectivity index (χ1n) is 39.9. The number of carbonyl (C=O) groups excluding carboxylic acids is 4. The van der Waals surface area contributed by atoms with Crippen LogP contribution in [0.3, 0.4) is 0 Å². The summed E-state index contributed by atoms with van der Waals surface area (Å²) in [6.07, 6.45) is 54.6. The molecule has 0 aromatic rings. The Balaban J connectivity index is 5.13. The molecule has 0 rings (SSSR count). The standard InChI is InChI=1S/C77H150O17P2/c1-8-10-11-41-51-58-74(79)87-64-72(93-77(82)61-54-47-40-34-28-30-36-43-49-56-69(5)6)66-91-95(83,84)89-62-71(78)63-90-96(85,86)92-67-73(65-88-75(80)59-52-45-38-32-26-22-19-18-21-25-31-37-44-50-57-70(7)9-2)94-76(81)60-53-46-39-33-27-23-17-15-13-12-14-16-20-24-29-35-42-48-55-68(3)4/h68-73,78H,8-67H2,1-7H3,(H,83,84)(H,85,86)/t70?,71-,72+,73+/m0/s1. The van der Waals surface area contributed by atoms with E-state index in [1.807, 2.05) is 0 Å². The maximum Gasteiger partial charge on any atom is 0.472 e. The Bertz CT molecular complexity index is 1870. The summed E-state index contributed by atoms with van der Waals surface area (Å²) in [6, 6.07) is 0. The number of hydrogen-bond acceptors (Lipinski definition) is 15. The maximum absolute atomic E-state index is 13.1. The van der Waals surface area contributed by atoms with Gasteiger partial charge in [0.25, 0.3) is 0 Å². The Hall–Kier alpha value is -1.94. The molecule has 0 heterocycles. The molecule has 0 aromatic heterocycles. The van der Waals surface area contributed by atoms with Crippen molar-refractivity contribution in [2.45, 2.75) is 414 Å². The molecule has 0 radical (unpaired) electrons. The van der Waals surface area contributed by atoms with E-state index in [2.05, 4.69) is 48.5 Å². The van der Waals surface area contributed by atoms with E-state index in [4.69, 9.17) is 37.0 Å². The molecule has 0 aliphatic carbocycles. The van der Waals surface area contributed by atoms with Crippen molar-refractivity contribution in [2.24, 2.45) is 17.8 Å². The number of aliphatic hydroxyl groups is 1. The summed E-state index contributed by atoms with van der Waals surface area (Å²) in [5.41, 5.74) is 0. The highest BCUT2D eigenvalue weighted by Crippen LogP contribution is 2.45. The van der Waals surface area contributed by atoms with Gasteiger partial charge in [-0.1, -0.05) is 344 Å². The third-order valence-corrected chi connectivity index (χ3v) is 20.1. The van der Waals surface area contributed by atoms with Gasteiger partial charge in [-0.05, 0) is 43.4 Å². The largest absolute Gasteiger partial charge is 0.472 e. The maximum atomic E-state index is 13.1. The zero-order chi connectivity index (χ0) is 70.9. The van der Waals surface area contributed by atoms with E-state index in [0.29, 0.717) is 25.7 Å². The molecule has 0 spiro atoms. The van der Waals surface area contributed by atoms with Crippen LogP contribution in [0.25, 0.3) is 0 Å². The monoisotopic (exact) mass is 1410 g/mol.